The van der Waals surface area contributed by atoms with Crippen LogP contribution in [0.25, 0.3) is 6.08 Å². The van der Waals surface area contributed by atoms with Crippen LogP contribution in [0.1, 0.15) is 21.5 Å². The predicted octanol–water partition coefficient (Wildman–Crippen LogP) is 4.23. The SMILES string of the molecule is COc1cc(C=C2C(=O)NC(=O)N(Cc3ccccc3)C2=O)ccc1OC(=O)c1ccccc1Cl. The Morgan fingerprint density at radius 1 is 0.971 bits per heavy atom. The highest BCUT2D eigenvalue weighted by molar-refractivity contribution is 6.33. The Hall–Kier alpha value is -4.43. The number of ether oxygens (including phenoxy) is 2. The topological polar surface area (TPSA) is 102 Å². The van der Waals surface area contributed by atoms with E-state index in [0.717, 1.165) is 10.5 Å². The summed E-state index contributed by atoms with van der Waals surface area (Å²) in [6.07, 6.45) is 1.34. The second kappa shape index (κ2) is 10.2. The first kappa shape index (κ1) is 23.7. The number of nitrogens with zero attached hydrogens (tertiary/aromatic N) is 1. The van der Waals surface area contributed by atoms with Crippen molar-refractivity contribution in [3.8, 4) is 11.5 Å². The Kier molecular flexibility index (Phi) is 6.93. The minimum atomic E-state index is -0.808. The smallest absolute Gasteiger partial charge is 0.345 e. The zero-order valence-corrected chi connectivity index (χ0v) is 19.2. The molecule has 1 aliphatic rings. The fourth-order valence-electron chi connectivity index (χ4n) is 3.41. The van der Waals surface area contributed by atoms with Crippen molar-refractivity contribution < 1.29 is 28.7 Å². The van der Waals surface area contributed by atoms with Crippen LogP contribution in [-0.2, 0) is 16.1 Å². The molecule has 35 heavy (non-hydrogen) atoms. The minimum Gasteiger partial charge on any atom is -0.493 e. The lowest BCUT2D eigenvalue weighted by molar-refractivity contribution is -0.130. The summed E-state index contributed by atoms with van der Waals surface area (Å²) in [5.74, 6) is -1.88. The molecular formula is C26H19ClN2O6. The van der Waals surface area contributed by atoms with Gasteiger partial charge in [0.25, 0.3) is 11.8 Å². The first-order valence-electron chi connectivity index (χ1n) is 10.4. The van der Waals surface area contributed by atoms with E-state index in [1.54, 1.807) is 48.5 Å². The van der Waals surface area contributed by atoms with E-state index in [0.29, 0.717) is 5.56 Å². The highest BCUT2D eigenvalue weighted by atomic mass is 35.5. The van der Waals surface area contributed by atoms with Crippen LogP contribution >= 0.6 is 11.6 Å². The van der Waals surface area contributed by atoms with Crippen LogP contribution in [0.2, 0.25) is 5.02 Å². The van der Waals surface area contributed by atoms with Gasteiger partial charge >= 0.3 is 12.0 Å². The normalized spacial score (nSPS) is 14.6. The number of carbonyl (C=O) groups is 4. The molecule has 3 aromatic carbocycles. The number of barbiturate groups is 1. The van der Waals surface area contributed by atoms with E-state index in [1.807, 2.05) is 6.07 Å². The van der Waals surface area contributed by atoms with E-state index in [-0.39, 0.29) is 34.2 Å². The number of rotatable bonds is 6. The number of carbonyl (C=O) groups excluding carboxylic acids is 4. The molecule has 0 saturated carbocycles. The quantitative estimate of drug-likeness (QED) is 0.240. The zero-order valence-electron chi connectivity index (χ0n) is 18.5. The van der Waals surface area contributed by atoms with E-state index < -0.39 is 23.8 Å². The lowest BCUT2D eigenvalue weighted by Crippen LogP contribution is -2.53. The summed E-state index contributed by atoms with van der Waals surface area (Å²) >= 11 is 6.06. The molecule has 0 atom stereocenters. The van der Waals surface area contributed by atoms with Gasteiger partial charge in [-0.05, 0) is 41.5 Å². The molecule has 176 valence electrons. The summed E-state index contributed by atoms with van der Waals surface area (Å²) in [5.41, 5.74) is 1.13. The highest BCUT2D eigenvalue weighted by Crippen LogP contribution is 2.31. The molecule has 1 heterocycles. The molecular weight excluding hydrogens is 472 g/mol. The second-order valence-electron chi connectivity index (χ2n) is 7.47. The maximum absolute atomic E-state index is 13.0. The van der Waals surface area contributed by atoms with Crippen molar-refractivity contribution in [2.45, 2.75) is 6.54 Å². The van der Waals surface area contributed by atoms with Crippen LogP contribution in [-0.4, -0.2) is 35.8 Å². The molecule has 1 fully saturated rings. The summed E-state index contributed by atoms with van der Waals surface area (Å²) in [7, 11) is 1.39. The van der Waals surface area contributed by atoms with Crippen LogP contribution in [0.15, 0.2) is 78.4 Å². The number of hydrogen-bond acceptors (Lipinski definition) is 6. The van der Waals surface area contributed by atoms with Crippen LogP contribution < -0.4 is 14.8 Å². The molecule has 0 aliphatic carbocycles. The molecule has 1 aliphatic heterocycles. The number of imide groups is 2. The zero-order chi connectivity index (χ0) is 24.9. The van der Waals surface area contributed by atoms with Crippen molar-refractivity contribution in [2.75, 3.05) is 7.11 Å². The number of amides is 4. The molecule has 8 nitrogen and oxygen atoms in total. The van der Waals surface area contributed by atoms with Gasteiger partial charge in [0.1, 0.15) is 5.57 Å². The maximum atomic E-state index is 13.0. The van der Waals surface area contributed by atoms with Gasteiger partial charge in [0.2, 0.25) is 0 Å². The van der Waals surface area contributed by atoms with Crippen LogP contribution in [0.4, 0.5) is 4.79 Å². The molecule has 0 unspecified atom stereocenters. The lowest BCUT2D eigenvalue weighted by atomic mass is 10.1. The fraction of sp³-hybridized carbons (Fsp3) is 0.0769. The van der Waals surface area contributed by atoms with Gasteiger partial charge < -0.3 is 9.47 Å². The number of nitrogens with one attached hydrogen (secondary N) is 1. The number of methoxy groups -OCH3 is 1. The monoisotopic (exact) mass is 490 g/mol. The predicted molar refractivity (Wildman–Crippen MR) is 128 cm³/mol. The number of halogens is 1. The molecule has 0 spiro atoms. The molecule has 0 aromatic heterocycles. The van der Waals surface area contributed by atoms with E-state index in [9.17, 15) is 19.2 Å². The lowest BCUT2D eigenvalue weighted by Gasteiger charge is -2.26. The highest BCUT2D eigenvalue weighted by Gasteiger charge is 2.35. The van der Waals surface area contributed by atoms with E-state index in [1.165, 1.54) is 31.4 Å². The average Bonchev–Trinajstić information content (AvgIpc) is 2.86. The number of esters is 1. The summed E-state index contributed by atoms with van der Waals surface area (Å²) in [6.45, 7) is 0.0103. The Bertz CT molecular complexity index is 1350. The molecule has 4 amide bonds. The Morgan fingerprint density at radius 3 is 2.40 bits per heavy atom. The van der Waals surface area contributed by atoms with Gasteiger partial charge in [0.05, 0.1) is 24.2 Å². The van der Waals surface area contributed by atoms with Gasteiger partial charge in [-0.25, -0.2) is 9.59 Å². The molecule has 1 saturated heterocycles. The molecule has 9 heteroatoms. The second-order valence-corrected chi connectivity index (χ2v) is 7.88. The van der Waals surface area contributed by atoms with Gasteiger partial charge in [-0.2, -0.15) is 0 Å². The molecule has 0 bridgehead atoms. The van der Waals surface area contributed by atoms with Crippen molar-refractivity contribution >= 4 is 41.5 Å². The Balaban J connectivity index is 1.58. The standard InChI is InChI=1S/C26H19ClN2O6/c1-34-22-14-17(11-12-21(22)35-25(32)18-9-5-6-10-20(18)27)13-19-23(30)28-26(33)29(24(19)31)15-16-7-3-2-4-8-16/h2-14H,15H2,1H3,(H,28,30,33). The van der Waals surface area contributed by atoms with Gasteiger partial charge in [0, 0.05) is 0 Å². The summed E-state index contributed by atoms with van der Waals surface area (Å²) in [6, 6.07) is 19.1. The first-order valence-corrected chi connectivity index (χ1v) is 10.8. The van der Waals surface area contributed by atoms with Crippen molar-refractivity contribution in [3.63, 3.8) is 0 Å². The first-order chi connectivity index (χ1) is 16.9. The summed E-state index contributed by atoms with van der Waals surface area (Å²) < 4.78 is 10.7. The minimum absolute atomic E-state index is 0.0103. The van der Waals surface area contributed by atoms with E-state index in [4.69, 9.17) is 21.1 Å². The molecule has 4 rings (SSSR count). The molecule has 0 radical (unpaired) electrons. The third-order valence-electron chi connectivity index (χ3n) is 5.16. The van der Waals surface area contributed by atoms with Crippen molar-refractivity contribution in [1.29, 1.82) is 0 Å². The van der Waals surface area contributed by atoms with Gasteiger partial charge in [-0.1, -0.05) is 60.1 Å². The van der Waals surface area contributed by atoms with Gasteiger partial charge in [0.15, 0.2) is 11.5 Å². The molecule has 3 aromatic rings. The van der Waals surface area contributed by atoms with Crippen molar-refractivity contribution in [2.24, 2.45) is 0 Å². The average molecular weight is 491 g/mol. The van der Waals surface area contributed by atoms with Crippen LogP contribution in [0, 0.1) is 0 Å². The number of benzene rings is 3. The van der Waals surface area contributed by atoms with Crippen LogP contribution in [0.3, 0.4) is 0 Å². The third kappa shape index (κ3) is 5.23. The van der Waals surface area contributed by atoms with Crippen LogP contribution in [0.5, 0.6) is 11.5 Å². The summed E-state index contributed by atoms with van der Waals surface area (Å²) in [4.78, 5) is 51.1. The van der Waals surface area contributed by atoms with E-state index >= 15 is 0 Å². The Morgan fingerprint density at radius 2 is 1.69 bits per heavy atom. The molecule has 1 N–H and O–H groups in total. The number of urea groups is 1. The number of hydrogen-bond donors (Lipinski definition) is 1. The van der Waals surface area contributed by atoms with Gasteiger partial charge in [-0.3, -0.25) is 19.8 Å². The fourth-order valence-corrected chi connectivity index (χ4v) is 3.62. The van der Waals surface area contributed by atoms with Crippen molar-refractivity contribution in [3.05, 3.63) is 100 Å². The summed E-state index contributed by atoms with van der Waals surface area (Å²) in [5, 5.41) is 2.43. The van der Waals surface area contributed by atoms with E-state index in [2.05, 4.69) is 5.32 Å². The largest absolute Gasteiger partial charge is 0.493 e. The third-order valence-corrected chi connectivity index (χ3v) is 5.49. The van der Waals surface area contributed by atoms with Gasteiger partial charge in [-0.15, -0.1) is 0 Å². The maximum Gasteiger partial charge on any atom is 0.345 e. The van der Waals surface area contributed by atoms with Crippen molar-refractivity contribution in [1.82, 2.24) is 10.2 Å². The Labute approximate surface area is 205 Å².